The van der Waals surface area contributed by atoms with E-state index >= 15 is 0 Å². The van der Waals surface area contributed by atoms with Gasteiger partial charge in [0.25, 0.3) is 0 Å². The fourth-order valence-electron chi connectivity index (χ4n) is 4.50. The number of thiophene rings is 1. The van der Waals surface area contributed by atoms with Crippen molar-refractivity contribution in [2.24, 2.45) is 5.92 Å². The van der Waals surface area contributed by atoms with E-state index in [1.807, 2.05) is 56.5 Å². The zero-order chi connectivity index (χ0) is 26.6. The highest BCUT2D eigenvalue weighted by atomic mass is 32.2. The summed E-state index contributed by atoms with van der Waals surface area (Å²) in [5.41, 5.74) is 2.04. The van der Waals surface area contributed by atoms with Gasteiger partial charge in [0.15, 0.2) is 0 Å². The Kier molecular flexibility index (Phi) is 8.56. The number of hydrogen-bond acceptors (Lipinski definition) is 6. The lowest BCUT2D eigenvalue weighted by molar-refractivity contribution is -0.135. The number of rotatable bonds is 10. The molecule has 0 unspecified atom stereocenters. The van der Waals surface area contributed by atoms with E-state index in [0.29, 0.717) is 18.0 Å². The van der Waals surface area contributed by atoms with E-state index < -0.39 is 10.0 Å². The third-order valence-electron chi connectivity index (χ3n) is 6.40. The molecule has 0 fully saturated rings. The molecule has 0 radical (unpaired) electrons. The Balaban J connectivity index is 1.57. The second-order valence-electron chi connectivity index (χ2n) is 9.65. The van der Waals surface area contributed by atoms with Crippen LogP contribution in [-0.2, 0) is 21.2 Å². The smallest absolute Gasteiger partial charge is 0.243 e. The number of aryl methyl sites for hydroxylation is 1. The number of carbonyl (C=O) groups excluding carboxylic acids is 1. The zero-order valence-corrected chi connectivity index (χ0v) is 23.3. The maximum absolute atomic E-state index is 13.7. The molecule has 1 aliphatic heterocycles. The minimum Gasteiger partial charge on any atom is -0.497 e. The van der Waals surface area contributed by atoms with E-state index in [0.717, 1.165) is 17.5 Å². The second-order valence-corrected chi connectivity index (χ2v) is 12.6. The van der Waals surface area contributed by atoms with Crippen molar-refractivity contribution < 1.29 is 22.7 Å². The Morgan fingerprint density at radius 1 is 1.14 bits per heavy atom. The summed E-state index contributed by atoms with van der Waals surface area (Å²) in [5.74, 6) is 1.17. The van der Waals surface area contributed by atoms with Crippen LogP contribution >= 0.6 is 11.3 Å². The number of fused-ring (bicyclic) bond motifs is 1. The molecule has 4 rings (SSSR count). The molecule has 1 aromatic heterocycles. The van der Waals surface area contributed by atoms with Crippen LogP contribution < -0.4 is 9.47 Å². The van der Waals surface area contributed by atoms with Crippen LogP contribution in [0.3, 0.4) is 0 Å². The Labute approximate surface area is 223 Å². The van der Waals surface area contributed by atoms with Crippen LogP contribution in [0.4, 0.5) is 0 Å². The molecule has 0 spiro atoms. The largest absolute Gasteiger partial charge is 0.497 e. The summed E-state index contributed by atoms with van der Waals surface area (Å²) in [4.78, 5) is 16.9. The number of hydrogen-bond donors (Lipinski definition) is 0. The van der Waals surface area contributed by atoms with E-state index in [9.17, 15) is 13.2 Å². The fraction of sp³-hybridized carbons (Fsp3) is 0.393. The summed E-state index contributed by atoms with van der Waals surface area (Å²) in [6.07, 6.45) is 0.739. The average Bonchev–Trinajstić information content (AvgIpc) is 3.36. The van der Waals surface area contributed by atoms with Gasteiger partial charge in [-0.25, -0.2) is 8.42 Å². The van der Waals surface area contributed by atoms with E-state index in [4.69, 9.17) is 9.47 Å². The molecule has 1 aliphatic rings. The highest BCUT2D eigenvalue weighted by Gasteiger charge is 2.35. The minimum absolute atomic E-state index is 0.0602. The lowest BCUT2D eigenvalue weighted by Gasteiger charge is -2.37. The molecule has 0 saturated heterocycles. The number of sulfonamides is 1. The van der Waals surface area contributed by atoms with Crippen LogP contribution in [0.1, 0.15) is 35.9 Å². The molecule has 37 heavy (non-hydrogen) atoms. The lowest BCUT2D eigenvalue weighted by Crippen LogP contribution is -2.48. The second kappa shape index (κ2) is 11.7. The van der Waals surface area contributed by atoms with Crippen LogP contribution in [-0.4, -0.2) is 56.9 Å². The number of methoxy groups -OCH3 is 1. The Morgan fingerprint density at radius 3 is 2.57 bits per heavy atom. The number of ether oxygens (including phenoxy) is 2. The highest BCUT2D eigenvalue weighted by molar-refractivity contribution is 7.89. The zero-order valence-electron chi connectivity index (χ0n) is 21.7. The van der Waals surface area contributed by atoms with E-state index in [2.05, 4.69) is 0 Å². The Hall–Kier alpha value is -2.88. The molecule has 7 nitrogen and oxygen atoms in total. The van der Waals surface area contributed by atoms with E-state index in [-0.39, 0.29) is 42.5 Å². The molecule has 1 amide bonds. The van der Waals surface area contributed by atoms with Gasteiger partial charge in [-0.1, -0.05) is 37.6 Å². The third-order valence-corrected chi connectivity index (χ3v) is 9.23. The molecule has 198 valence electrons. The van der Waals surface area contributed by atoms with Crippen molar-refractivity contribution in [3.05, 3.63) is 76.0 Å². The number of carbonyl (C=O) groups is 1. The summed E-state index contributed by atoms with van der Waals surface area (Å²) < 4.78 is 39.8. The molecule has 2 aromatic carbocycles. The first-order valence-electron chi connectivity index (χ1n) is 12.4. The van der Waals surface area contributed by atoms with Gasteiger partial charge in [0.2, 0.25) is 15.9 Å². The maximum atomic E-state index is 13.7. The Bertz CT molecular complexity index is 1320. The number of amides is 1. The summed E-state index contributed by atoms with van der Waals surface area (Å²) in [6.45, 7) is 6.62. The molecule has 0 N–H and O–H groups in total. The summed E-state index contributed by atoms with van der Waals surface area (Å²) in [6, 6.07) is 15.8. The lowest BCUT2D eigenvalue weighted by atomic mass is 10.0. The van der Waals surface area contributed by atoms with Gasteiger partial charge in [-0.3, -0.25) is 4.79 Å². The molecule has 2 heterocycles. The number of nitrogens with zero attached hydrogens (tertiary/aromatic N) is 2. The van der Waals surface area contributed by atoms with Gasteiger partial charge in [-0.05, 0) is 60.5 Å². The highest BCUT2D eigenvalue weighted by Crippen LogP contribution is 2.34. The van der Waals surface area contributed by atoms with Crippen LogP contribution in [0.25, 0.3) is 0 Å². The first kappa shape index (κ1) is 27.2. The summed E-state index contributed by atoms with van der Waals surface area (Å²) >= 11 is 1.68. The Morgan fingerprint density at radius 2 is 1.86 bits per heavy atom. The molecule has 0 aliphatic carbocycles. The van der Waals surface area contributed by atoms with Crippen molar-refractivity contribution in [2.45, 2.75) is 38.1 Å². The van der Waals surface area contributed by atoms with Gasteiger partial charge in [0, 0.05) is 24.0 Å². The van der Waals surface area contributed by atoms with E-state index in [1.54, 1.807) is 47.6 Å². The van der Waals surface area contributed by atoms with Gasteiger partial charge >= 0.3 is 0 Å². The standard InChI is InChI=1S/C28H34N2O5S2/c1-20(2)17-29(37(32,33)24-10-8-21(3)9-11-24)18-28(31)30-14-12-27-25(13-15-36-27)26(30)19-35-23-7-5-6-22(16-23)34-4/h5-11,13,15-16,20,26H,12,14,17-19H2,1-4H3/t26-/m0/s1. The van der Waals surface area contributed by atoms with Crippen molar-refractivity contribution in [2.75, 3.05) is 33.4 Å². The SMILES string of the molecule is COc1cccc(OC[C@H]2c3ccsc3CCN2C(=O)CN(CC(C)C)S(=O)(=O)c2ccc(C)cc2)c1. The summed E-state index contributed by atoms with van der Waals surface area (Å²) in [5, 5.41) is 2.03. The molecule has 0 bridgehead atoms. The van der Waals surface area contributed by atoms with Crippen LogP contribution in [0.2, 0.25) is 0 Å². The summed E-state index contributed by atoms with van der Waals surface area (Å²) in [7, 11) is -2.23. The molecule has 0 saturated carbocycles. The van der Waals surface area contributed by atoms with Crippen LogP contribution in [0, 0.1) is 12.8 Å². The fourth-order valence-corrected chi connectivity index (χ4v) is 6.98. The molecular formula is C28H34N2O5S2. The molecule has 1 atom stereocenters. The van der Waals surface area contributed by atoms with Crippen molar-refractivity contribution in [1.82, 2.24) is 9.21 Å². The predicted molar refractivity (Wildman–Crippen MR) is 146 cm³/mol. The van der Waals surface area contributed by atoms with Crippen molar-refractivity contribution in [3.8, 4) is 11.5 Å². The van der Waals surface area contributed by atoms with Crippen molar-refractivity contribution >= 4 is 27.3 Å². The normalized spacial score (nSPS) is 15.6. The van der Waals surface area contributed by atoms with Gasteiger partial charge in [0.1, 0.15) is 18.1 Å². The quantitative estimate of drug-likeness (QED) is 0.364. The first-order valence-corrected chi connectivity index (χ1v) is 14.7. The minimum atomic E-state index is -3.83. The van der Waals surface area contributed by atoms with Crippen molar-refractivity contribution in [1.29, 1.82) is 0 Å². The van der Waals surface area contributed by atoms with Gasteiger partial charge < -0.3 is 14.4 Å². The van der Waals surface area contributed by atoms with E-state index in [1.165, 1.54) is 9.18 Å². The van der Waals surface area contributed by atoms with Gasteiger partial charge in [-0.15, -0.1) is 11.3 Å². The topological polar surface area (TPSA) is 76.2 Å². The molecular weight excluding hydrogens is 508 g/mol. The van der Waals surface area contributed by atoms with Gasteiger partial charge in [0.05, 0.1) is 24.6 Å². The van der Waals surface area contributed by atoms with Crippen LogP contribution in [0.5, 0.6) is 11.5 Å². The predicted octanol–water partition coefficient (Wildman–Crippen LogP) is 4.92. The van der Waals surface area contributed by atoms with Gasteiger partial charge in [-0.2, -0.15) is 4.31 Å². The monoisotopic (exact) mass is 542 g/mol. The average molecular weight is 543 g/mol. The number of benzene rings is 2. The van der Waals surface area contributed by atoms with Crippen LogP contribution in [0.15, 0.2) is 64.9 Å². The molecule has 3 aromatic rings. The molecule has 9 heteroatoms. The third kappa shape index (κ3) is 6.34. The maximum Gasteiger partial charge on any atom is 0.243 e. The van der Waals surface area contributed by atoms with Crippen molar-refractivity contribution in [3.63, 3.8) is 0 Å². The first-order chi connectivity index (χ1) is 17.7.